The van der Waals surface area contributed by atoms with Gasteiger partial charge in [-0.05, 0) is 38.2 Å². The number of nitrogens with zero attached hydrogens (tertiary/aromatic N) is 1. The largest absolute Gasteiger partial charge is 0.310 e. The van der Waals surface area contributed by atoms with E-state index in [9.17, 15) is 0 Å². The zero-order valence-electron chi connectivity index (χ0n) is 10.1. The Morgan fingerprint density at radius 1 is 1.44 bits per heavy atom. The molecular weight excluding hydrogens is 216 g/mol. The Hall–Kier alpha value is -0.540. The third-order valence-electron chi connectivity index (χ3n) is 3.40. The van der Waals surface area contributed by atoms with Crippen molar-refractivity contribution >= 4 is 11.8 Å². The molecule has 0 aliphatic heterocycles. The summed E-state index contributed by atoms with van der Waals surface area (Å²) in [7, 11) is 0. The van der Waals surface area contributed by atoms with Gasteiger partial charge in [0.05, 0.1) is 5.69 Å². The summed E-state index contributed by atoms with van der Waals surface area (Å²) in [5, 5.41) is 3.54. The summed E-state index contributed by atoms with van der Waals surface area (Å²) in [6.07, 6.45) is 6.35. The van der Waals surface area contributed by atoms with Gasteiger partial charge in [0.25, 0.3) is 0 Å². The molecule has 0 radical (unpaired) electrons. The first-order chi connectivity index (χ1) is 7.74. The molecule has 1 aromatic rings. The summed E-state index contributed by atoms with van der Waals surface area (Å²) < 4.78 is 0.518. The summed E-state index contributed by atoms with van der Waals surface area (Å²) >= 11 is 2.01. The normalized spacial score (nSPS) is 18.1. The smallest absolute Gasteiger partial charge is 0.0544 e. The van der Waals surface area contributed by atoms with Crippen molar-refractivity contribution < 1.29 is 0 Å². The fourth-order valence-electron chi connectivity index (χ4n) is 2.14. The lowest BCUT2D eigenvalue weighted by Gasteiger charge is -2.40. The molecule has 0 bridgehead atoms. The highest BCUT2D eigenvalue weighted by Crippen LogP contribution is 2.42. The van der Waals surface area contributed by atoms with Crippen LogP contribution in [0.15, 0.2) is 18.2 Å². The summed E-state index contributed by atoms with van der Waals surface area (Å²) in [5.74, 6) is 0. The van der Waals surface area contributed by atoms with Crippen LogP contribution < -0.4 is 5.32 Å². The lowest BCUT2D eigenvalue weighted by atomic mass is 9.84. The van der Waals surface area contributed by atoms with Crippen LogP contribution in [0.1, 0.15) is 30.7 Å². The minimum atomic E-state index is 0.518. The standard InChI is InChI=1S/C13H20N2S/c1-11-5-3-6-12(15-11)9-14-10-13(16-2)7-4-8-13/h3,5-6,14H,4,7-10H2,1-2H3. The van der Waals surface area contributed by atoms with Gasteiger partial charge < -0.3 is 5.32 Å². The molecule has 0 saturated heterocycles. The molecule has 0 spiro atoms. The number of nitrogens with one attached hydrogen (secondary N) is 1. The molecule has 16 heavy (non-hydrogen) atoms. The van der Waals surface area contributed by atoms with E-state index in [1.807, 2.05) is 24.8 Å². The van der Waals surface area contributed by atoms with Gasteiger partial charge in [0.1, 0.15) is 0 Å². The molecule has 0 aromatic carbocycles. The highest BCUT2D eigenvalue weighted by molar-refractivity contribution is 8.00. The molecule has 0 unspecified atom stereocenters. The van der Waals surface area contributed by atoms with E-state index in [4.69, 9.17) is 0 Å². The quantitative estimate of drug-likeness (QED) is 0.851. The number of aromatic nitrogens is 1. The molecule has 0 amide bonds. The van der Waals surface area contributed by atoms with Crippen molar-refractivity contribution in [2.75, 3.05) is 12.8 Å². The van der Waals surface area contributed by atoms with Crippen LogP contribution in [0.25, 0.3) is 0 Å². The summed E-state index contributed by atoms with van der Waals surface area (Å²) in [4.78, 5) is 4.49. The van der Waals surface area contributed by atoms with E-state index in [0.29, 0.717) is 4.75 Å². The Bertz CT molecular complexity index is 342. The van der Waals surface area contributed by atoms with Crippen molar-refractivity contribution in [2.24, 2.45) is 0 Å². The summed E-state index contributed by atoms with van der Waals surface area (Å²) in [6, 6.07) is 6.21. The molecule has 1 heterocycles. The highest BCUT2D eigenvalue weighted by atomic mass is 32.2. The Labute approximate surface area is 102 Å². The first-order valence-electron chi connectivity index (χ1n) is 5.92. The van der Waals surface area contributed by atoms with Gasteiger partial charge in [0, 0.05) is 23.5 Å². The number of thioether (sulfide) groups is 1. The van der Waals surface area contributed by atoms with Gasteiger partial charge in [-0.15, -0.1) is 0 Å². The molecule has 2 rings (SSSR count). The molecule has 1 aliphatic rings. The maximum absolute atomic E-state index is 4.49. The maximum Gasteiger partial charge on any atom is 0.0544 e. The Balaban J connectivity index is 1.79. The van der Waals surface area contributed by atoms with Crippen LogP contribution in [0.2, 0.25) is 0 Å². The molecule has 88 valence electrons. The van der Waals surface area contributed by atoms with E-state index >= 15 is 0 Å². The Morgan fingerprint density at radius 3 is 2.81 bits per heavy atom. The first-order valence-corrected chi connectivity index (χ1v) is 7.15. The van der Waals surface area contributed by atoms with Crippen molar-refractivity contribution in [3.63, 3.8) is 0 Å². The number of hydrogen-bond acceptors (Lipinski definition) is 3. The Morgan fingerprint density at radius 2 is 2.25 bits per heavy atom. The van der Waals surface area contributed by atoms with Crippen molar-refractivity contribution in [2.45, 2.75) is 37.5 Å². The van der Waals surface area contributed by atoms with E-state index in [0.717, 1.165) is 24.5 Å². The first kappa shape index (κ1) is 11.9. The number of pyridine rings is 1. The van der Waals surface area contributed by atoms with Gasteiger partial charge in [0.15, 0.2) is 0 Å². The second kappa shape index (κ2) is 5.19. The second-order valence-corrected chi connectivity index (χ2v) is 5.89. The van der Waals surface area contributed by atoms with Crippen LogP contribution in [0.4, 0.5) is 0 Å². The third-order valence-corrected chi connectivity index (χ3v) is 4.82. The second-order valence-electron chi connectivity index (χ2n) is 4.61. The fraction of sp³-hybridized carbons (Fsp3) is 0.615. The van der Waals surface area contributed by atoms with Gasteiger partial charge in [-0.2, -0.15) is 11.8 Å². The van der Waals surface area contributed by atoms with Crippen molar-refractivity contribution in [1.29, 1.82) is 0 Å². The molecule has 1 N–H and O–H groups in total. The molecular formula is C13H20N2S. The minimum Gasteiger partial charge on any atom is -0.310 e. The predicted molar refractivity (Wildman–Crippen MR) is 70.8 cm³/mol. The van der Waals surface area contributed by atoms with Crippen LogP contribution in [-0.4, -0.2) is 22.5 Å². The molecule has 3 heteroatoms. The van der Waals surface area contributed by atoms with E-state index in [1.54, 1.807) is 0 Å². The van der Waals surface area contributed by atoms with Crippen LogP contribution in [0.3, 0.4) is 0 Å². The van der Waals surface area contributed by atoms with Crippen LogP contribution in [0, 0.1) is 6.92 Å². The van der Waals surface area contributed by atoms with E-state index in [-0.39, 0.29) is 0 Å². The van der Waals surface area contributed by atoms with Crippen molar-refractivity contribution in [1.82, 2.24) is 10.3 Å². The third kappa shape index (κ3) is 2.77. The van der Waals surface area contributed by atoms with Crippen LogP contribution in [-0.2, 0) is 6.54 Å². The van der Waals surface area contributed by atoms with Crippen molar-refractivity contribution in [3.05, 3.63) is 29.6 Å². The summed E-state index contributed by atoms with van der Waals surface area (Å²) in [5.41, 5.74) is 2.25. The van der Waals surface area contributed by atoms with Gasteiger partial charge in [-0.3, -0.25) is 4.98 Å². The van der Waals surface area contributed by atoms with E-state index in [1.165, 1.54) is 19.3 Å². The number of hydrogen-bond donors (Lipinski definition) is 1. The Kier molecular flexibility index (Phi) is 3.87. The molecule has 1 aliphatic carbocycles. The minimum absolute atomic E-state index is 0.518. The van der Waals surface area contributed by atoms with Gasteiger partial charge >= 0.3 is 0 Å². The molecule has 1 saturated carbocycles. The zero-order chi connectivity index (χ0) is 11.4. The number of rotatable bonds is 5. The average molecular weight is 236 g/mol. The van der Waals surface area contributed by atoms with Crippen LogP contribution in [0.5, 0.6) is 0 Å². The summed E-state index contributed by atoms with van der Waals surface area (Å²) in [6.45, 7) is 4.05. The lowest BCUT2D eigenvalue weighted by Crippen LogP contribution is -2.43. The lowest BCUT2D eigenvalue weighted by molar-refractivity contribution is 0.345. The SMILES string of the molecule is CSC1(CNCc2cccc(C)n2)CCC1. The maximum atomic E-state index is 4.49. The number of aryl methyl sites for hydroxylation is 1. The molecule has 1 fully saturated rings. The fourth-order valence-corrected chi connectivity index (χ4v) is 3.08. The molecule has 1 aromatic heterocycles. The van der Waals surface area contributed by atoms with Gasteiger partial charge in [-0.1, -0.05) is 12.5 Å². The van der Waals surface area contributed by atoms with E-state index < -0.39 is 0 Å². The van der Waals surface area contributed by atoms with Gasteiger partial charge in [0.2, 0.25) is 0 Å². The molecule has 0 atom stereocenters. The van der Waals surface area contributed by atoms with Crippen LogP contribution >= 0.6 is 11.8 Å². The van der Waals surface area contributed by atoms with Crippen molar-refractivity contribution in [3.8, 4) is 0 Å². The zero-order valence-corrected chi connectivity index (χ0v) is 10.9. The average Bonchev–Trinajstić information content (AvgIpc) is 2.22. The highest BCUT2D eigenvalue weighted by Gasteiger charge is 2.35. The predicted octanol–water partition coefficient (Wildman–Crippen LogP) is 2.77. The molecule has 2 nitrogen and oxygen atoms in total. The topological polar surface area (TPSA) is 24.9 Å². The monoisotopic (exact) mass is 236 g/mol. The van der Waals surface area contributed by atoms with Gasteiger partial charge in [-0.25, -0.2) is 0 Å². The van der Waals surface area contributed by atoms with E-state index in [2.05, 4.69) is 28.7 Å².